The van der Waals surface area contributed by atoms with Gasteiger partial charge in [0.1, 0.15) is 0 Å². The molecule has 3 heteroatoms. The molecule has 0 spiro atoms. The highest BCUT2D eigenvalue weighted by Crippen LogP contribution is 2.53. The lowest BCUT2D eigenvalue weighted by Crippen LogP contribution is -2.55. The SMILES string of the molecule is CCCCCCC(C)(C)C1=CC2OC(C)(C)[C@H]3CC=C(CN4CCC(C)CC4)CC3[C@@H]2C(O)=C1. The predicted molar refractivity (Wildman–Crippen MR) is 143 cm³/mol. The summed E-state index contributed by atoms with van der Waals surface area (Å²) in [5.74, 6) is 2.47. The third-order valence-corrected chi connectivity index (χ3v) is 9.55. The summed E-state index contributed by atoms with van der Waals surface area (Å²) in [5.41, 5.74) is 2.76. The highest BCUT2D eigenvalue weighted by atomic mass is 16.5. The average Bonchev–Trinajstić information content (AvgIpc) is 2.77. The largest absolute Gasteiger partial charge is 0.512 e. The normalized spacial score (nSPS) is 32.4. The van der Waals surface area contributed by atoms with Crippen molar-refractivity contribution < 1.29 is 9.84 Å². The molecule has 3 nitrogen and oxygen atoms in total. The third kappa shape index (κ3) is 5.67. The second-order valence-corrected chi connectivity index (χ2v) is 13.1. The Morgan fingerprint density at radius 2 is 1.88 bits per heavy atom. The Morgan fingerprint density at radius 1 is 1.15 bits per heavy atom. The summed E-state index contributed by atoms with van der Waals surface area (Å²) in [6.07, 6.45) is 18.1. The van der Waals surface area contributed by atoms with Crippen LogP contribution in [-0.4, -0.2) is 41.3 Å². The quantitative estimate of drug-likeness (QED) is 0.290. The summed E-state index contributed by atoms with van der Waals surface area (Å²) < 4.78 is 6.77. The molecular formula is C31H51NO2. The highest BCUT2D eigenvalue weighted by molar-refractivity contribution is 5.36. The van der Waals surface area contributed by atoms with E-state index in [4.69, 9.17) is 4.74 Å². The predicted octanol–water partition coefficient (Wildman–Crippen LogP) is 7.84. The number of allylic oxidation sites excluding steroid dienone is 3. The summed E-state index contributed by atoms with van der Waals surface area (Å²) in [6.45, 7) is 17.5. The number of aliphatic hydroxyl groups is 1. The number of hydrogen-bond acceptors (Lipinski definition) is 3. The van der Waals surface area contributed by atoms with Crippen molar-refractivity contribution in [3.63, 3.8) is 0 Å². The van der Waals surface area contributed by atoms with Gasteiger partial charge in [-0.15, -0.1) is 0 Å². The molecule has 2 saturated heterocycles. The Balaban J connectivity index is 1.49. The molecule has 0 aromatic carbocycles. The van der Waals surface area contributed by atoms with Crippen molar-refractivity contribution in [2.45, 2.75) is 111 Å². The van der Waals surface area contributed by atoms with Crippen LogP contribution in [0.15, 0.2) is 35.1 Å². The van der Waals surface area contributed by atoms with E-state index in [-0.39, 0.29) is 23.0 Å². The van der Waals surface area contributed by atoms with Crippen LogP contribution in [0, 0.1) is 29.1 Å². The number of piperidine rings is 1. The van der Waals surface area contributed by atoms with Gasteiger partial charge in [0.05, 0.1) is 17.5 Å². The first-order valence-electron chi connectivity index (χ1n) is 14.3. The van der Waals surface area contributed by atoms with Gasteiger partial charge in [-0.25, -0.2) is 0 Å². The van der Waals surface area contributed by atoms with Crippen LogP contribution in [0.5, 0.6) is 0 Å². The molecule has 34 heavy (non-hydrogen) atoms. The van der Waals surface area contributed by atoms with Crippen LogP contribution >= 0.6 is 0 Å². The van der Waals surface area contributed by atoms with Crippen LogP contribution < -0.4 is 0 Å². The van der Waals surface area contributed by atoms with Crippen molar-refractivity contribution in [2.75, 3.05) is 19.6 Å². The third-order valence-electron chi connectivity index (χ3n) is 9.55. The van der Waals surface area contributed by atoms with E-state index in [9.17, 15) is 5.11 Å². The van der Waals surface area contributed by atoms with Gasteiger partial charge in [-0.2, -0.15) is 0 Å². The van der Waals surface area contributed by atoms with Crippen molar-refractivity contribution in [2.24, 2.45) is 29.1 Å². The average molecular weight is 470 g/mol. The Labute approximate surface area is 209 Å². The summed E-state index contributed by atoms with van der Waals surface area (Å²) in [5, 5.41) is 11.4. The van der Waals surface area contributed by atoms with Crippen LogP contribution in [0.3, 0.4) is 0 Å². The van der Waals surface area contributed by atoms with E-state index in [1.54, 1.807) is 5.57 Å². The Kier molecular flexibility index (Phi) is 8.04. The summed E-state index contributed by atoms with van der Waals surface area (Å²) in [7, 11) is 0. The van der Waals surface area contributed by atoms with Crippen LogP contribution in [0.2, 0.25) is 0 Å². The van der Waals surface area contributed by atoms with E-state index in [1.165, 1.54) is 57.2 Å². The van der Waals surface area contributed by atoms with Crippen LogP contribution in [0.1, 0.15) is 99.3 Å². The molecule has 4 aliphatic rings. The molecule has 0 aromatic heterocycles. The van der Waals surface area contributed by atoms with Gasteiger partial charge in [0, 0.05) is 12.5 Å². The molecule has 0 amide bonds. The summed E-state index contributed by atoms with van der Waals surface area (Å²) >= 11 is 0. The van der Waals surface area contributed by atoms with Gasteiger partial charge in [-0.3, -0.25) is 4.90 Å². The maximum atomic E-state index is 11.4. The number of nitrogens with zero attached hydrogens (tertiary/aromatic N) is 1. The van der Waals surface area contributed by atoms with E-state index < -0.39 is 0 Å². The maximum Gasteiger partial charge on any atom is 0.0988 e. The van der Waals surface area contributed by atoms with Crippen molar-refractivity contribution in [3.05, 3.63) is 35.1 Å². The van der Waals surface area contributed by atoms with Gasteiger partial charge in [0.2, 0.25) is 0 Å². The molecule has 4 rings (SSSR count). The van der Waals surface area contributed by atoms with Gasteiger partial charge in [0.25, 0.3) is 0 Å². The molecule has 2 aliphatic heterocycles. The molecule has 2 fully saturated rings. The Bertz CT molecular complexity index is 796. The lowest BCUT2D eigenvalue weighted by Gasteiger charge is -2.54. The molecule has 192 valence electrons. The minimum Gasteiger partial charge on any atom is -0.512 e. The highest BCUT2D eigenvalue weighted by Gasteiger charge is 2.52. The van der Waals surface area contributed by atoms with Crippen molar-refractivity contribution in [1.82, 2.24) is 4.90 Å². The first kappa shape index (κ1) is 26.0. The fourth-order valence-corrected chi connectivity index (χ4v) is 7.13. The molecule has 0 saturated carbocycles. The maximum absolute atomic E-state index is 11.4. The molecule has 2 unspecified atom stereocenters. The van der Waals surface area contributed by atoms with Crippen molar-refractivity contribution in [3.8, 4) is 0 Å². The van der Waals surface area contributed by atoms with Crippen LogP contribution in [-0.2, 0) is 4.74 Å². The van der Waals surface area contributed by atoms with Crippen LogP contribution in [0.25, 0.3) is 0 Å². The summed E-state index contributed by atoms with van der Waals surface area (Å²) in [6, 6.07) is 0. The topological polar surface area (TPSA) is 32.7 Å². The molecule has 4 atom stereocenters. The number of rotatable bonds is 8. The second-order valence-electron chi connectivity index (χ2n) is 13.1. The number of likely N-dealkylation sites (tertiary alicyclic amines) is 1. The van der Waals surface area contributed by atoms with E-state index in [2.05, 4.69) is 64.7 Å². The first-order chi connectivity index (χ1) is 16.1. The number of fused-ring (bicyclic) bond motifs is 3. The molecule has 0 bridgehead atoms. The number of ether oxygens (including phenoxy) is 1. The zero-order valence-corrected chi connectivity index (χ0v) is 22.9. The second kappa shape index (κ2) is 10.5. The smallest absolute Gasteiger partial charge is 0.0988 e. The lowest BCUT2D eigenvalue weighted by atomic mass is 9.61. The number of hydrogen-bond donors (Lipinski definition) is 1. The van der Waals surface area contributed by atoms with E-state index >= 15 is 0 Å². The standard InChI is InChI=1S/C31H51NO2/c1-7-8-9-10-15-30(3,4)24-19-27(33)29-25-18-23(21-32-16-13-22(2)14-17-32)11-12-26(25)31(5,6)34-28(29)20-24/h11,19-20,22,25-26,28-29,33H,7-10,12-18,21H2,1-6H3/t25?,26-,28?,29+/m0/s1. The molecule has 0 aromatic rings. The van der Waals surface area contributed by atoms with Gasteiger partial charge >= 0.3 is 0 Å². The fourth-order valence-electron chi connectivity index (χ4n) is 7.13. The molecular weight excluding hydrogens is 418 g/mol. The number of unbranched alkanes of at least 4 members (excludes halogenated alkanes) is 3. The monoisotopic (exact) mass is 469 g/mol. The molecule has 2 heterocycles. The Hall–Kier alpha value is -1.06. The zero-order valence-electron chi connectivity index (χ0n) is 22.9. The summed E-state index contributed by atoms with van der Waals surface area (Å²) in [4.78, 5) is 2.66. The van der Waals surface area contributed by atoms with Gasteiger partial charge in [0.15, 0.2) is 0 Å². The first-order valence-corrected chi connectivity index (χ1v) is 14.3. The van der Waals surface area contributed by atoms with Crippen molar-refractivity contribution >= 4 is 0 Å². The van der Waals surface area contributed by atoms with Crippen molar-refractivity contribution in [1.29, 1.82) is 0 Å². The zero-order chi connectivity index (χ0) is 24.5. The molecule has 0 radical (unpaired) electrons. The number of aliphatic hydroxyl groups excluding tert-OH is 1. The Morgan fingerprint density at radius 3 is 2.59 bits per heavy atom. The fraction of sp³-hybridized carbons (Fsp3) is 0.806. The molecule has 1 N–H and O–H groups in total. The van der Waals surface area contributed by atoms with E-state index in [0.29, 0.717) is 17.6 Å². The molecule has 2 aliphatic carbocycles. The van der Waals surface area contributed by atoms with E-state index in [1.807, 2.05) is 0 Å². The van der Waals surface area contributed by atoms with Gasteiger partial charge in [-0.05, 0) is 93.9 Å². The van der Waals surface area contributed by atoms with Gasteiger partial charge in [-0.1, -0.05) is 71.1 Å². The van der Waals surface area contributed by atoms with E-state index in [0.717, 1.165) is 31.7 Å². The minimum atomic E-state index is -0.168. The van der Waals surface area contributed by atoms with Crippen LogP contribution in [0.4, 0.5) is 0 Å². The minimum absolute atomic E-state index is 0.0126. The lowest BCUT2D eigenvalue weighted by molar-refractivity contribution is -0.177. The van der Waals surface area contributed by atoms with Gasteiger partial charge < -0.3 is 9.84 Å².